The van der Waals surface area contributed by atoms with Crippen molar-refractivity contribution >= 4 is 41.1 Å². The van der Waals surface area contributed by atoms with Gasteiger partial charge in [-0.25, -0.2) is 0 Å². The van der Waals surface area contributed by atoms with Crippen molar-refractivity contribution in [3.05, 3.63) is 45.9 Å². The highest BCUT2D eigenvalue weighted by Crippen LogP contribution is 2.21. The predicted molar refractivity (Wildman–Crippen MR) is 107 cm³/mol. The molecule has 0 aromatic carbocycles. The fraction of sp³-hybridized carbons (Fsp3) is 0.350. The fourth-order valence-electron chi connectivity index (χ4n) is 2.86. The summed E-state index contributed by atoms with van der Waals surface area (Å²) >= 11 is 1.59. The van der Waals surface area contributed by atoms with Gasteiger partial charge in [0.15, 0.2) is 0 Å². The van der Waals surface area contributed by atoms with Gasteiger partial charge in [0.1, 0.15) is 6.61 Å². The Hall–Kier alpha value is -2.67. The number of thiophene rings is 1. The van der Waals surface area contributed by atoms with E-state index in [0.29, 0.717) is 6.61 Å². The Labute approximate surface area is 163 Å². The van der Waals surface area contributed by atoms with Crippen molar-refractivity contribution in [2.24, 2.45) is 0 Å². The summed E-state index contributed by atoms with van der Waals surface area (Å²) in [6.45, 7) is 6.51. The van der Waals surface area contributed by atoms with Crippen molar-refractivity contribution in [3.8, 4) is 0 Å². The van der Waals surface area contributed by atoms with Gasteiger partial charge in [-0.1, -0.05) is 0 Å². The molecule has 6 nitrogen and oxygen atoms in total. The monoisotopic (exact) mass is 385 g/mol. The van der Waals surface area contributed by atoms with E-state index in [0.717, 1.165) is 47.3 Å². The Morgan fingerprint density at radius 3 is 2.52 bits per heavy atom. The SMILES string of the molecule is CC(=O)OCc1ccc(C=Cc2ccc(N3CCN(C(C)=O)CC3)cn2)s1. The number of rotatable bonds is 5. The van der Waals surface area contributed by atoms with Gasteiger partial charge in [-0.05, 0) is 36.4 Å². The average Bonchev–Trinajstić information content (AvgIpc) is 3.13. The molecule has 7 heteroatoms. The molecule has 1 aliphatic heterocycles. The second-order valence-electron chi connectivity index (χ2n) is 6.35. The maximum absolute atomic E-state index is 11.4. The lowest BCUT2D eigenvalue weighted by atomic mass is 10.2. The van der Waals surface area contributed by atoms with E-state index in [1.165, 1.54) is 6.92 Å². The second kappa shape index (κ2) is 8.81. The lowest BCUT2D eigenvalue weighted by molar-refractivity contribution is -0.142. The zero-order chi connectivity index (χ0) is 19.2. The number of piperazine rings is 1. The van der Waals surface area contributed by atoms with Crippen LogP contribution in [0.1, 0.15) is 29.3 Å². The lowest BCUT2D eigenvalue weighted by Gasteiger charge is -2.35. The first-order valence-corrected chi connectivity index (χ1v) is 9.69. The number of nitrogens with zero attached hydrogens (tertiary/aromatic N) is 3. The van der Waals surface area contributed by atoms with Gasteiger partial charge in [0.05, 0.1) is 17.6 Å². The average molecular weight is 385 g/mol. The zero-order valence-electron chi connectivity index (χ0n) is 15.6. The van der Waals surface area contributed by atoms with Crippen LogP contribution in [0.15, 0.2) is 30.5 Å². The molecule has 1 aliphatic rings. The molecule has 0 aliphatic carbocycles. The predicted octanol–water partition coefficient (Wildman–Crippen LogP) is 3.05. The van der Waals surface area contributed by atoms with Gasteiger partial charge in [-0.3, -0.25) is 14.6 Å². The first kappa shape index (κ1) is 19.1. The summed E-state index contributed by atoms with van der Waals surface area (Å²) in [6, 6.07) is 8.03. The highest BCUT2D eigenvalue weighted by molar-refractivity contribution is 7.12. The third kappa shape index (κ3) is 5.40. The smallest absolute Gasteiger partial charge is 0.302 e. The van der Waals surface area contributed by atoms with E-state index in [1.807, 2.05) is 41.4 Å². The molecule has 0 radical (unpaired) electrons. The summed E-state index contributed by atoms with van der Waals surface area (Å²) in [6.07, 6.45) is 5.86. The number of aromatic nitrogens is 1. The Bertz CT molecular complexity index is 821. The molecule has 2 aromatic heterocycles. The molecule has 0 N–H and O–H groups in total. The van der Waals surface area contributed by atoms with E-state index in [9.17, 15) is 9.59 Å². The number of pyridine rings is 1. The second-order valence-corrected chi connectivity index (χ2v) is 7.55. The fourth-order valence-corrected chi connectivity index (χ4v) is 3.69. The van der Waals surface area contributed by atoms with E-state index < -0.39 is 0 Å². The summed E-state index contributed by atoms with van der Waals surface area (Å²) in [5, 5.41) is 0. The Balaban J connectivity index is 1.55. The molecule has 142 valence electrons. The Morgan fingerprint density at radius 2 is 1.89 bits per heavy atom. The third-order valence-electron chi connectivity index (χ3n) is 4.38. The van der Waals surface area contributed by atoms with Crippen LogP contribution in [0.2, 0.25) is 0 Å². The van der Waals surface area contributed by atoms with Crippen LogP contribution < -0.4 is 4.90 Å². The van der Waals surface area contributed by atoms with Crippen molar-refractivity contribution in [3.63, 3.8) is 0 Å². The molecule has 0 atom stereocenters. The minimum Gasteiger partial charge on any atom is -0.460 e. The number of hydrogen-bond donors (Lipinski definition) is 0. The molecule has 0 saturated carbocycles. The van der Waals surface area contributed by atoms with Gasteiger partial charge in [0.25, 0.3) is 0 Å². The van der Waals surface area contributed by atoms with E-state index in [2.05, 4.69) is 16.0 Å². The number of carbonyl (C=O) groups is 2. The lowest BCUT2D eigenvalue weighted by Crippen LogP contribution is -2.48. The van der Waals surface area contributed by atoms with Crippen LogP contribution in [0.5, 0.6) is 0 Å². The molecule has 3 rings (SSSR count). The standard InChI is InChI=1S/C20H23N3O3S/c1-15(24)22-9-11-23(12-10-22)18-5-3-17(21-13-18)4-6-19-7-8-20(27-19)14-26-16(2)25/h3-8,13H,9-12,14H2,1-2H3. The number of ether oxygens (including phenoxy) is 1. The number of anilines is 1. The largest absolute Gasteiger partial charge is 0.460 e. The quantitative estimate of drug-likeness (QED) is 0.741. The Kier molecular flexibility index (Phi) is 6.24. The topological polar surface area (TPSA) is 62.7 Å². The molecule has 1 saturated heterocycles. The summed E-state index contributed by atoms with van der Waals surface area (Å²) < 4.78 is 5.00. The van der Waals surface area contributed by atoms with Crippen LogP contribution in [0.4, 0.5) is 5.69 Å². The maximum atomic E-state index is 11.4. The Morgan fingerprint density at radius 1 is 1.11 bits per heavy atom. The molecule has 27 heavy (non-hydrogen) atoms. The normalized spacial score (nSPS) is 14.6. The molecular weight excluding hydrogens is 362 g/mol. The van der Waals surface area contributed by atoms with Crippen LogP contribution in [0.3, 0.4) is 0 Å². The number of amides is 1. The number of hydrogen-bond acceptors (Lipinski definition) is 6. The van der Waals surface area contributed by atoms with Crippen LogP contribution in [-0.2, 0) is 20.9 Å². The van der Waals surface area contributed by atoms with Gasteiger partial charge in [-0.15, -0.1) is 11.3 Å². The first-order valence-electron chi connectivity index (χ1n) is 8.88. The summed E-state index contributed by atoms with van der Waals surface area (Å²) in [5.74, 6) is -0.134. The molecule has 3 heterocycles. The molecule has 0 unspecified atom stereocenters. The molecule has 2 aromatic rings. The summed E-state index contributed by atoms with van der Waals surface area (Å²) in [5.41, 5.74) is 1.96. The van der Waals surface area contributed by atoms with Gasteiger partial charge in [0.2, 0.25) is 5.91 Å². The first-order chi connectivity index (χ1) is 13.0. The molecule has 0 bridgehead atoms. The van der Waals surface area contributed by atoms with Gasteiger partial charge in [0, 0.05) is 49.8 Å². The number of carbonyl (C=O) groups excluding carboxylic acids is 2. The third-order valence-corrected chi connectivity index (χ3v) is 5.40. The van der Waals surface area contributed by atoms with Gasteiger partial charge < -0.3 is 14.5 Å². The molecule has 1 amide bonds. The number of esters is 1. The van der Waals surface area contributed by atoms with Crippen molar-refractivity contribution < 1.29 is 14.3 Å². The minimum atomic E-state index is -0.271. The van der Waals surface area contributed by atoms with Crippen molar-refractivity contribution in [2.75, 3.05) is 31.1 Å². The van der Waals surface area contributed by atoms with E-state index in [-0.39, 0.29) is 11.9 Å². The van der Waals surface area contributed by atoms with Crippen LogP contribution in [0.25, 0.3) is 12.2 Å². The molecular formula is C20H23N3O3S. The van der Waals surface area contributed by atoms with Gasteiger partial charge >= 0.3 is 5.97 Å². The highest BCUT2D eigenvalue weighted by atomic mass is 32.1. The van der Waals surface area contributed by atoms with E-state index in [1.54, 1.807) is 18.3 Å². The maximum Gasteiger partial charge on any atom is 0.302 e. The zero-order valence-corrected chi connectivity index (χ0v) is 16.4. The summed E-state index contributed by atoms with van der Waals surface area (Å²) in [4.78, 5) is 33.0. The van der Waals surface area contributed by atoms with Crippen LogP contribution in [-0.4, -0.2) is 47.9 Å². The van der Waals surface area contributed by atoms with Crippen molar-refractivity contribution in [2.45, 2.75) is 20.5 Å². The van der Waals surface area contributed by atoms with Crippen LogP contribution in [0, 0.1) is 0 Å². The minimum absolute atomic E-state index is 0.137. The van der Waals surface area contributed by atoms with Gasteiger partial charge in [-0.2, -0.15) is 0 Å². The highest BCUT2D eigenvalue weighted by Gasteiger charge is 2.18. The van der Waals surface area contributed by atoms with E-state index in [4.69, 9.17) is 4.74 Å². The summed E-state index contributed by atoms with van der Waals surface area (Å²) in [7, 11) is 0. The van der Waals surface area contributed by atoms with E-state index >= 15 is 0 Å². The van der Waals surface area contributed by atoms with Crippen molar-refractivity contribution in [1.29, 1.82) is 0 Å². The molecule has 0 spiro atoms. The van der Waals surface area contributed by atoms with Crippen LogP contribution >= 0.6 is 11.3 Å². The van der Waals surface area contributed by atoms with Crippen molar-refractivity contribution in [1.82, 2.24) is 9.88 Å². The molecule has 1 fully saturated rings.